The molecule has 17 heteroatoms. The van der Waals surface area contributed by atoms with Crippen LogP contribution in [0.3, 0.4) is 0 Å². The molecular formula is C25H18Cl6F5N3O3. The molecule has 2 atom stereocenters. The Morgan fingerprint density at radius 3 is 2.05 bits per heavy atom. The maximum absolute atomic E-state index is 14.8. The Labute approximate surface area is 267 Å². The third-order valence-electron chi connectivity index (χ3n) is 6.02. The topological polar surface area (TPSA) is 87.3 Å². The Hall–Kier alpha value is -2.54. The van der Waals surface area contributed by atoms with Crippen molar-refractivity contribution in [2.24, 2.45) is 5.92 Å². The Kier molecular flexibility index (Phi) is 9.14. The number of alkyl halides is 5. The van der Waals surface area contributed by atoms with Crippen LogP contribution in [0.25, 0.3) is 0 Å². The third kappa shape index (κ3) is 6.51. The Bertz CT molecular complexity index is 1630. The van der Waals surface area contributed by atoms with Gasteiger partial charge in [0.15, 0.2) is 5.82 Å². The maximum Gasteiger partial charge on any atom is 0.471 e. The molecule has 0 saturated heterocycles. The van der Waals surface area contributed by atoms with Gasteiger partial charge in [0.25, 0.3) is 5.91 Å². The highest BCUT2D eigenvalue weighted by atomic mass is 35.5. The van der Waals surface area contributed by atoms with Gasteiger partial charge < -0.3 is 16.0 Å². The lowest BCUT2D eigenvalue weighted by Gasteiger charge is -2.14. The molecular weight excluding hydrogens is 698 g/mol. The van der Waals surface area contributed by atoms with E-state index in [-0.39, 0.29) is 35.6 Å². The molecule has 3 aromatic rings. The number of anilines is 3. The fourth-order valence-electron chi connectivity index (χ4n) is 3.96. The van der Waals surface area contributed by atoms with Gasteiger partial charge in [0.2, 0.25) is 5.91 Å². The first-order valence-corrected chi connectivity index (χ1v) is 13.5. The predicted molar refractivity (Wildman–Crippen MR) is 158 cm³/mol. The molecule has 1 aliphatic rings. The van der Waals surface area contributed by atoms with E-state index < -0.39 is 63.1 Å². The average Bonchev–Trinajstić information content (AvgIpc) is 3.48. The molecule has 1 saturated carbocycles. The number of amides is 3. The molecule has 0 aliphatic heterocycles. The molecule has 3 N–H and O–H groups in total. The van der Waals surface area contributed by atoms with Crippen molar-refractivity contribution in [3.8, 4) is 0 Å². The van der Waals surface area contributed by atoms with Crippen molar-refractivity contribution < 1.29 is 40.6 Å². The molecule has 3 aromatic carbocycles. The summed E-state index contributed by atoms with van der Waals surface area (Å²) < 4.78 is 64.8. The normalized spacial score (nSPS) is 17.4. The van der Waals surface area contributed by atoms with Crippen LogP contribution >= 0.6 is 69.6 Å². The summed E-state index contributed by atoms with van der Waals surface area (Å²) in [6.45, 7) is 0. The van der Waals surface area contributed by atoms with Gasteiger partial charge in [-0.25, -0.2) is 8.78 Å². The smallest absolute Gasteiger partial charge is 0.326 e. The van der Waals surface area contributed by atoms with Crippen LogP contribution in [-0.4, -0.2) is 28.2 Å². The molecule has 0 heterocycles. The van der Waals surface area contributed by atoms with Crippen molar-refractivity contribution in [1.29, 1.82) is 0 Å². The van der Waals surface area contributed by atoms with Gasteiger partial charge in [-0.3, -0.25) is 14.4 Å². The average molecular weight is 716 g/mol. The number of rotatable bonds is 6. The van der Waals surface area contributed by atoms with Crippen LogP contribution in [0, 0.1) is 17.6 Å². The first-order valence-electron chi connectivity index (χ1n) is 11.2. The van der Waals surface area contributed by atoms with E-state index in [0.29, 0.717) is 17.7 Å². The molecule has 42 heavy (non-hydrogen) atoms. The fourth-order valence-corrected chi connectivity index (χ4v) is 5.60. The first-order chi connectivity index (χ1) is 19.4. The predicted octanol–water partition coefficient (Wildman–Crippen LogP) is 9.60. The summed E-state index contributed by atoms with van der Waals surface area (Å²) in [4.78, 5) is 37.1. The molecule has 0 bridgehead atoms. The minimum atomic E-state index is -5.43. The van der Waals surface area contributed by atoms with Gasteiger partial charge in [0.1, 0.15) is 15.8 Å². The number of nitrogens with one attached hydrogen (secondary N) is 3. The van der Waals surface area contributed by atoms with E-state index in [2.05, 4.69) is 5.32 Å². The summed E-state index contributed by atoms with van der Waals surface area (Å²) >= 11 is 36.9. The van der Waals surface area contributed by atoms with Crippen LogP contribution < -0.4 is 16.0 Å². The van der Waals surface area contributed by atoms with Crippen LogP contribution in [0.1, 0.15) is 26.1 Å². The fraction of sp³-hybridized carbons (Fsp3) is 0.160. The lowest BCUT2D eigenvalue weighted by molar-refractivity contribution is -0.167. The van der Waals surface area contributed by atoms with Crippen molar-refractivity contribution >= 4 is 104 Å². The highest BCUT2D eigenvalue weighted by Crippen LogP contribution is 2.65. The van der Waals surface area contributed by atoms with Gasteiger partial charge in [0.05, 0.1) is 37.3 Å². The van der Waals surface area contributed by atoms with Crippen molar-refractivity contribution in [3.05, 3.63) is 85.3 Å². The summed E-state index contributed by atoms with van der Waals surface area (Å²) in [5, 5.41) is 5.82. The molecule has 0 aromatic heterocycles. The summed E-state index contributed by atoms with van der Waals surface area (Å²) in [6, 6.07) is 7.84. The quantitative estimate of drug-likeness (QED) is 0.135. The van der Waals surface area contributed by atoms with Crippen LogP contribution in [0.5, 0.6) is 0 Å². The number of carbonyl (C=O) groups excluding carboxylic acids is 3. The van der Waals surface area contributed by atoms with Crippen LogP contribution in [-0.2, 0) is 9.59 Å². The lowest BCUT2D eigenvalue weighted by atomic mass is 10.1. The summed E-state index contributed by atoms with van der Waals surface area (Å²) in [5.74, 6) is -9.30. The van der Waals surface area contributed by atoms with E-state index in [0.717, 1.165) is 11.4 Å². The van der Waals surface area contributed by atoms with E-state index in [1.54, 1.807) is 0 Å². The van der Waals surface area contributed by atoms with Gasteiger partial charge in [-0.2, -0.15) is 13.2 Å². The Morgan fingerprint density at radius 2 is 1.45 bits per heavy atom. The molecule has 0 radical (unpaired) electrons. The second kappa shape index (κ2) is 11.9. The molecule has 228 valence electrons. The number of carbonyl (C=O) groups is 3. The number of hydrogen-bond donors (Lipinski definition) is 3. The molecule has 1 fully saturated rings. The van der Waals surface area contributed by atoms with E-state index in [9.17, 15) is 36.3 Å². The van der Waals surface area contributed by atoms with Gasteiger partial charge in [0, 0.05) is 15.9 Å². The summed E-state index contributed by atoms with van der Waals surface area (Å²) in [5.41, 5.74) is -2.04. The summed E-state index contributed by atoms with van der Waals surface area (Å²) in [6.07, 6.45) is -5.43. The molecule has 3 amide bonds. The van der Waals surface area contributed by atoms with Crippen LogP contribution in [0.4, 0.5) is 39.0 Å². The molecule has 4 rings (SSSR count). The Balaban J connectivity index is 0.00000337. The van der Waals surface area contributed by atoms with Crippen molar-refractivity contribution in [2.75, 3.05) is 16.0 Å². The van der Waals surface area contributed by atoms with E-state index in [1.807, 2.05) is 5.32 Å². The van der Waals surface area contributed by atoms with Crippen LogP contribution in [0.2, 0.25) is 20.1 Å². The second-order valence-corrected chi connectivity index (χ2v) is 11.8. The Morgan fingerprint density at radius 1 is 0.833 bits per heavy atom. The largest absolute Gasteiger partial charge is 0.471 e. The standard InChI is InChI=1S/C25H12Cl6F5N3O3.3H2/c26-11-2-1-9(37-22(41)17-16(24(17,30)31)8-5-12(27)18(29)13(28)6-8)7-10(11)21(40)38-15-4-3-14(32)20(19(15)33)39-23(42)25(34,35)36;;;/h1-7,16-17H,(H,37,41)(H,38,40)(H,39,42);3*1H/t16-,17+;;;/m0.../s1. The zero-order chi connectivity index (χ0) is 31.3. The molecule has 0 unspecified atom stereocenters. The molecule has 6 nitrogen and oxygen atoms in total. The highest BCUT2D eigenvalue weighted by Gasteiger charge is 2.67. The third-order valence-corrected chi connectivity index (χ3v) is 8.48. The van der Waals surface area contributed by atoms with E-state index >= 15 is 0 Å². The number of hydrogen-bond acceptors (Lipinski definition) is 3. The van der Waals surface area contributed by atoms with Crippen LogP contribution in [0.15, 0.2) is 42.5 Å². The second-order valence-electron chi connectivity index (χ2n) is 8.80. The minimum Gasteiger partial charge on any atom is -0.326 e. The van der Waals surface area contributed by atoms with E-state index in [4.69, 9.17) is 69.6 Å². The van der Waals surface area contributed by atoms with Gasteiger partial charge in [-0.1, -0.05) is 46.4 Å². The van der Waals surface area contributed by atoms with Gasteiger partial charge in [-0.05, 0) is 48.0 Å². The number of benzene rings is 3. The zero-order valence-corrected chi connectivity index (χ0v) is 24.6. The van der Waals surface area contributed by atoms with Gasteiger partial charge in [-0.15, -0.1) is 23.2 Å². The SMILES string of the molecule is O=C(Nc1ccc(F)c(NC(=O)C(F)(F)F)c1F)c1cc(NC(=O)[C@H]2[C@H](c3cc(Cl)c(Cl)c(Cl)c3)C2(Cl)Cl)ccc1Cl.[HH].[HH].[HH]. The number of halogens is 11. The highest BCUT2D eigenvalue weighted by molar-refractivity contribution is 6.54. The molecule has 0 spiro atoms. The first kappa shape index (κ1) is 32.4. The minimum absolute atomic E-state index is 0. The molecule has 1 aliphatic carbocycles. The van der Waals surface area contributed by atoms with Crippen molar-refractivity contribution in [2.45, 2.75) is 16.4 Å². The maximum atomic E-state index is 14.8. The zero-order valence-electron chi connectivity index (χ0n) is 20.1. The summed E-state index contributed by atoms with van der Waals surface area (Å²) in [7, 11) is 0. The lowest BCUT2D eigenvalue weighted by Crippen LogP contribution is -2.31. The van der Waals surface area contributed by atoms with E-state index in [1.165, 1.54) is 24.3 Å². The van der Waals surface area contributed by atoms with Crippen molar-refractivity contribution in [3.63, 3.8) is 0 Å². The monoisotopic (exact) mass is 713 g/mol. The van der Waals surface area contributed by atoms with Crippen molar-refractivity contribution in [1.82, 2.24) is 0 Å². The van der Waals surface area contributed by atoms with Gasteiger partial charge >= 0.3 is 12.1 Å².